The zero-order chi connectivity index (χ0) is 5.70. The van der Waals surface area contributed by atoms with E-state index < -0.39 is 6.67 Å². The molecular formula is C5H9FO. The molecule has 1 nitrogen and oxygen atoms in total. The van der Waals surface area contributed by atoms with E-state index in [0.717, 1.165) is 0 Å². The predicted octanol–water partition coefficient (Wildman–Crippen LogP) is 1.51. The number of hydrogen-bond donors (Lipinski definition) is 0. The molecule has 0 aliphatic carbocycles. The Morgan fingerprint density at radius 3 is 2.43 bits per heavy atom. The molecule has 0 saturated heterocycles. The van der Waals surface area contributed by atoms with Gasteiger partial charge in [0.15, 0.2) is 0 Å². The van der Waals surface area contributed by atoms with Crippen molar-refractivity contribution in [2.45, 2.75) is 6.92 Å². The largest absolute Gasteiger partial charge is 0.499 e. The Kier molecular flexibility index (Phi) is 3.38. The lowest BCUT2D eigenvalue weighted by atomic mass is 10.5. The maximum atomic E-state index is 11.5. The minimum absolute atomic E-state index is 0.389. The van der Waals surface area contributed by atoms with Gasteiger partial charge in [-0.3, -0.25) is 0 Å². The SMILES string of the molecule is C/C=C(\CF)OC. The van der Waals surface area contributed by atoms with Crippen LogP contribution in [0.4, 0.5) is 4.39 Å². The Labute approximate surface area is 42.8 Å². The second kappa shape index (κ2) is 3.65. The molecule has 7 heavy (non-hydrogen) atoms. The van der Waals surface area contributed by atoms with E-state index in [0.29, 0.717) is 5.76 Å². The Bertz CT molecular complexity index is 62.5. The third-order valence-electron chi connectivity index (χ3n) is 0.716. The van der Waals surface area contributed by atoms with Crippen LogP contribution in [0.15, 0.2) is 11.8 Å². The highest BCUT2D eigenvalue weighted by Gasteiger charge is 1.86. The lowest BCUT2D eigenvalue weighted by Crippen LogP contribution is -1.85. The second-order valence-corrected chi connectivity index (χ2v) is 1.09. The van der Waals surface area contributed by atoms with Gasteiger partial charge in [-0.15, -0.1) is 0 Å². The molecule has 0 aliphatic heterocycles. The first-order chi connectivity index (χ1) is 3.35. The minimum atomic E-state index is -0.507. The number of halogens is 1. The van der Waals surface area contributed by atoms with Gasteiger partial charge >= 0.3 is 0 Å². The summed E-state index contributed by atoms with van der Waals surface area (Å²) in [5.74, 6) is 0.389. The van der Waals surface area contributed by atoms with Crippen molar-refractivity contribution >= 4 is 0 Å². The number of alkyl halides is 1. The van der Waals surface area contributed by atoms with Gasteiger partial charge in [0.2, 0.25) is 0 Å². The molecule has 0 aromatic heterocycles. The van der Waals surface area contributed by atoms with Crippen LogP contribution in [0.2, 0.25) is 0 Å². The first kappa shape index (κ1) is 6.47. The van der Waals surface area contributed by atoms with Crippen molar-refractivity contribution in [2.24, 2.45) is 0 Å². The van der Waals surface area contributed by atoms with Gasteiger partial charge in [-0.1, -0.05) is 0 Å². The molecule has 0 saturated carbocycles. The van der Waals surface area contributed by atoms with Gasteiger partial charge in [-0.25, -0.2) is 4.39 Å². The lowest BCUT2D eigenvalue weighted by Gasteiger charge is -1.95. The number of allylic oxidation sites excluding steroid dienone is 2. The summed E-state index contributed by atoms with van der Waals surface area (Å²) >= 11 is 0. The average molecular weight is 104 g/mol. The van der Waals surface area contributed by atoms with Gasteiger partial charge in [0.05, 0.1) is 7.11 Å². The van der Waals surface area contributed by atoms with Crippen LogP contribution in [-0.4, -0.2) is 13.8 Å². The molecule has 0 atom stereocenters. The molecule has 0 aliphatic rings. The summed E-state index contributed by atoms with van der Waals surface area (Å²) in [6.45, 7) is 1.23. The first-order valence-electron chi connectivity index (χ1n) is 2.10. The zero-order valence-electron chi connectivity index (χ0n) is 4.57. The van der Waals surface area contributed by atoms with Crippen molar-refractivity contribution in [2.75, 3.05) is 13.8 Å². The Balaban J connectivity index is 3.38. The third kappa shape index (κ3) is 2.20. The van der Waals surface area contributed by atoms with Crippen LogP contribution in [0.3, 0.4) is 0 Å². The second-order valence-electron chi connectivity index (χ2n) is 1.09. The summed E-state index contributed by atoms with van der Waals surface area (Å²) in [5, 5.41) is 0. The molecule has 0 spiro atoms. The topological polar surface area (TPSA) is 9.23 Å². The lowest BCUT2D eigenvalue weighted by molar-refractivity contribution is 0.255. The minimum Gasteiger partial charge on any atom is -0.499 e. The monoisotopic (exact) mass is 104 g/mol. The van der Waals surface area contributed by atoms with E-state index in [9.17, 15) is 4.39 Å². The van der Waals surface area contributed by atoms with Gasteiger partial charge in [0, 0.05) is 0 Å². The number of methoxy groups -OCH3 is 1. The molecule has 0 rings (SSSR count). The van der Waals surface area contributed by atoms with Gasteiger partial charge in [-0.2, -0.15) is 0 Å². The maximum absolute atomic E-state index is 11.5. The van der Waals surface area contributed by atoms with Crippen molar-refractivity contribution in [3.8, 4) is 0 Å². The van der Waals surface area contributed by atoms with Crippen molar-refractivity contribution < 1.29 is 9.13 Å². The summed E-state index contributed by atoms with van der Waals surface area (Å²) in [5.41, 5.74) is 0. The molecular weight excluding hydrogens is 95.1 g/mol. The fraction of sp³-hybridized carbons (Fsp3) is 0.600. The van der Waals surface area contributed by atoms with E-state index >= 15 is 0 Å². The summed E-state index contributed by atoms with van der Waals surface area (Å²) < 4.78 is 16.0. The fourth-order valence-electron chi connectivity index (χ4n) is 0.250. The van der Waals surface area contributed by atoms with Crippen LogP contribution < -0.4 is 0 Å². The van der Waals surface area contributed by atoms with Gasteiger partial charge in [0.1, 0.15) is 12.4 Å². The van der Waals surface area contributed by atoms with Gasteiger partial charge < -0.3 is 4.74 Å². The van der Waals surface area contributed by atoms with E-state index in [-0.39, 0.29) is 0 Å². The van der Waals surface area contributed by atoms with Crippen LogP contribution in [0.5, 0.6) is 0 Å². The maximum Gasteiger partial charge on any atom is 0.146 e. The highest BCUT2D eigenvalue weighted by molar-refractivity contribution is 4.88. The van der Waals surface area contributed by atoms with Crippen molar-refractivity contribution in [1.29, 1.82) is 0 Å². The average Bonchev–Trinajstić information content (AvgIpc) is 1.72. The van der Waals surface area contributed by atoms with Crippen LogP contribution in [-0.2, 0) is 4.74 Å². The molecule has 0 bridgehead atoms. The molecule has 0 aromatic carbocycles. The summed E-state index contributed by atoms with van der Waals surface area (Å²) in [4.78, 5) is 0. The highest BCUT2D eigenvalue weighted by Crippen LogP contribution is 1.92. The van der Waals surface area contributed by atoms with E-state index in [1.807, 2.05) is 0 Å². The standard InChI is InChI=1S/C5H9FO/c1-3-5(4-6)7-2/h3H,4H2,1-2H3/b5-3+. The molecule has 0 heterocycles. The fourth-order valence-corrected chi connectivity index (χ4v) is 0.250. The van der Waals surface area contributed by atoms with E-state index in [4.69, 9.17) is 0 Å². The van der Waals surface area contributed by atoms with Gasteiger partial charge in [0.25, 0.3) is 0 Å². The van der Waals surface area contributed by atoms with Crippen LogP contribution in [0.25, 0.3) is 0 Å². The molecule has 2 heteroatoms. The van der Waals surface area contributed by atoms with Crippen LogP contribution in [0.1, 0.15) is 6.92 Å². The molecule has 0 N–H and O–H groups in total. The summed E-state index contributed by atoms with van der Waals surface area (Å²) in [6, 6.07) is 0. The highest BCUT2D eigenvalue weighted by atomic mass is 19.1. The number of hydrogen-bond acceptors (Lipinski definition) is 1. The van der Waals surface area contributed by atoms with Crippen LogP contribution >= 0.6 is 0 Å². The van der Waals surface area contributed by atoms with E-state index in [2.05, 4.69) is 4.74 Å². The normalized spacial score (nSPS) is 11.6. The smallest absolute Gasteiger partial charge is 0.146 e. The number of rotatable bonds is 2. The molecule has 42 valence electrons. The summed E-state index contributed by atoms with van der Waals surface area (Å²) in [7, 11) is 1.45. The van der Waals surface area contributed by atoms with E-state index in [1.165, 1.54) is 7.11 Å². The molecule has 0 aromatic rings. The molecule has 0 radical (unpaired) electrons. The Morgan fingerprint density at radius 2 is 2.43 bits per heavy atom. The zero-order valence-corrected chi connectivity index (χ0v) is 4.57. The third-order valence-corrected chi connectivity index (χ3v) is 0.716. The van der Waals surface area contributed by atoms with Crippen molar-refractivity contribution in [3.63, 3.8) is 0 Å². The molecule has 0 fully saturated rings. The first-order valence-corrected chi connectivity index (χ1v) is 2.10. The van der Waals surface area contributed by atoms with Crippen LogP contribution in [0, 0.1) is 0 Å². The predicted molar refractivity (Wildman–Crippen MR) is 26.7 cm³/mol. The van der Waals surface area contributed by atoms with E-state index in [1.54, 1.807) is 13.0 Å². The molecule has 0 unspecified atom stereocenters. The van der Waals surface area contributed by atoms with Gasteiger partial charge in [-0.05, 0) is 13.0 Å². The summed E-state index contributed by atoms with van der Waals surface area (Å²) in [6.07, 6.45) is 1.60. The van der Waals surface area contributed by atoms with Crippen molar-refractivity contribution in [3.05, 3.63) is 11.8 Å². The Hall–Kier alpha value is -0.530. The quantitative estimate of drug-likeness (QED) is 0.482. The molecule has 0 amide bonds. The van der Waals surface area contributed by atoms with Crippen molar-refractivity contribution in [1.82, 2.24) is 0 Å². The Morgan fingerprint density at radius 1 is 1.86 bits per heavy atom. The number of ether oxygens (including phenoxy) is 1.